The van der Waals surface area contributed by atoms with Crippen LogP contribution in [0.25, 0.3) is 0 Å². The summed E-state index contributed by atoms with van der Waals surface area (Å²) in [4.78, 5) is 55.0. The first-order valence-electron chi connectivity index (χ1n) is 17.0. The van der Waals surface area contributed by atoms with Crippen molar-refractivity contribution >= 4 is 58.6 Å². The number of non-ortho nitro benzene ring substituents is 2. The van der Waals surface area contributed by atoms with E-state index in [0.29, 0.717) is 24.3 Å². The second-order valence-corrected chi connectivity index (χ2v) is 16.4. The maximum Gasteiger partial charge on any atom is 0.283 e. The van der Waals surface area contributed by atoms with Crippen LogP contribution < -0.4 is 20.8 Å². The Hall–Kier alpha value is -6.38. The van der Waals surface area contributed by atoms with Gasteiger partial charge in [-0.15, -0.1) is 0 Å². The number of nitro groups is 6. The van der Waals surface area contributed by atoms with Gasteiger partial charge in [0.1, 0.15) is 13.1 Å². The first-order valence-corrected chi connectivity index (χ1v) is 19.7. The lowest BCUT2D eigenvalue weighted by Gasteiger charge is -2.38. The van der Waals surface area contributed by atoms with Gasteiger partial charge in [-0.2, -0.15) is 5.10 Å². The zero-order chi connectivity index (χ0) is 43.2. The molecule has 3 aromatic carbocycles. The van der Waals surface area contributed by atoms with Crippen molar-refractivity contribution in [1.82, 2.24) is 14.1 Å². The van der Waals surface area contributed by atoms with E-state index in [0.717, 1.165) is 31.7 Å². The molecule has 0 aromatic heterocycles. The van der Waals surface area contributed by atoms with Gasteiger partial charge in [0, 0.05) is 46.1 Å². The van der Waals surface area contributed by atoms with E-state index in [2.05, 4.69) is 43.9 Å². The average molecular weight is 853 g/mol. The van der Waals surface area contributed by atoms with Crippen molar-refractivity contribution in [3.8, 4) is 11.5 Å². The number of nitro benzene ring substituents is 6. The van der Waals surface area contributed by atoms with Gasteiger partial charge in [0.05, 0.1) is 84.6 Å². The summed E-state index contributed by atoms with van der Waals surface area (Å²) in [6, 6.07) is 11.8. The Labute approximate surface area is 332 Å². The highest BCUT2D eigenvalue weighted by atomic mass is 32.4. The van der Waals surface area contributed by atoms with Crippen LogP contribution in [0.3, 0.4) is 0 Å². The van der Waals surface area contributed by atoms with Crippen LogP contribution in [-0.4, -0.2) is 109 Å². The highest BCUT2D eigenvalue weighted by molar-refractivity contribution is 8.11. The third-order valence-electron chi connectivity index (χ3n) is 8.40. The molecule has 2 aliphatic rings. The highest BCUT2D eigenvalue weighted by Crippen LogP contribution is 2.59. The molecule has 2 saturated heterocycles. The maximum atomic E-state index is 11.1. The molecule has 0 aliphatic carbocycles. The Kier molecular flexibility index (Phi) is 16.8. The molecular weight excluding hydrogens is 815 g/mol. The normalized spacial score (nSPS) is 19.3. The van der Waals surface area contributed by atoms with E-state index in [1.165, 1.54) is 39.0 Å². The Bertz CT molecular complexity index is 1910. The van der Waals surface area contributed by atoms with Crippen LogP contribution in [0.5, 0.6) is 11.5 Å². The maximum absolute atomic E-state index is 11.1. The van der Waals surface area contributed by atoms with Crippen molar-refractivity contribution < 1.29 is 50.4 Å². The largest absolute Gasteiger partial charge is 0.863 e. The van der Waals surface area contributed by atoms with Crippen LogP contribution in [-0.2, 0) is 11.8 Å². The van der Waals surface area contributed by atoms with E-state index in [1.54, 1.807) is 0 Å². The third-order valence-corrected chi connectivity index (χ3v) is 13.6. The van der Waals surface area contributed by atoms with Crippen LogP contribution in [0.1, 0.15) is 18.4 Å². The van der Waals surface area contributed by atoms with Crippen molar-refractivity contribution in [2.75, 3.05) is 59.4 Å². The topological polar surface area (TPSA) is 360 Å². The quantitative estimate of drug-likeness (QED) is 0.129. The number of rotatable bonds is 9. The van der Waals surface area contributed by atoms with E-state index in [4.69, 9.17) is 16.9 Å². The minimum atomic E-state index is -1.97. The zero-order valence-electron chi connectivity index (χ0n) is 30.5. The highest BCUT2D eigenvalue weighted by Gasteiger charge is 2.41. The van der Waals surface area contributed by atoms with Crippen molar-refractivity contribution in [2.45, 2.75) is 12.8 Å². The van der Waals surface area contributed by atoms with Gasteiger partial charge in [0.15, 0.2) is 6.49 Å². The standard InChI is InChI=1S/C18H31N6PS.2C6H3N3O7/c1-22(21-17-18-7-3-2-4-8-18)25(26)23-13-5-9-19-11-12-20-10-6-14-24(25)16-15-23;2*10-6-4(8(13)14)1-3(7(11)12)2-5(6)9(15)16/h2-4,7-8,17,19-20H,5-6,9-16H2,1H3;2*1-2,10H/b21-17+;;. The van der Waals surface area contributed by atoms with Crippen LogP contribution >= 0.6 is 6.49 Å². The smallest absolute Gasteiger partial charge is 0.283 e. The van der Waals surface area contributed by atoms with Crippen molar-refractivity contribution in [3.63, 3.8) is 0 Å². The number of quaternary nitrogens is 2. The molecule has 5 rings (SSSR count). The second kappa shape index (κ2) is 21.2. The SMILES string of the molecule is CN(/N=C/c1ccccc1)P1(=S)N2CCC[NH2+]CC[NH2+]CCCN1CC2.O=[N+]([O-])c1cc([N+](=O)[O-])c([O-])c([N+](=O)[O-])c1.O=[N+]([O-])c1cc([N+](=O)[O-])c([O-])c([N+](=O)[O-])c1. The van der Waals surface area contributed by atoms with Gasteiger partial charge in [-0.1, -0.05) is 30.3 Å². The summed E-state index contributed by atoms with van der Waals surface area (Å²) < 4.78 is 7.18. The van der Waals surface area contributed by atoms with E-state index in [9.17, 15) is 70.9 Å². The number of benzene rings is 3. The monoisotopic (exact) mass is 852 g/mol. The molecule has 4 N–H and O–H groups in total. The summed E-state index contributed by atoms with van der Waals surface area (Å²) in [6.45, 7) is 7.17. The number of hydrogen-bond acceptors (Lipinski definition) is 16. The Morgan fingerprint density at radius 2 is 0.983 bits per heavy atom. The molecule has 26 nitrogen and oxygen atoms in total. The fraction of sp³-hybridized carbons (Fsp3) is 0.367. The summed E-state index contributed by atoms with van der Waals surface area (Å²) in [5.41, 5.74) is -5.41. The molecule has 2 fully saturated rings. The van der Waals surface area contributed by atoms with Crippen molar-refractivity contribution in [2.24, 2.45) is 5.10 Å². The number of hydrazone groups is 1. The van der Waals surface area contributed by atoms with Crippen LogP contribution in [0.15, 0.2) is 59.7 Å². The van der Waals surface area contributed by atoms with E-state index in [1.807, 2.05) is 24.4 Å². The lowest BCUT2D eigenvalue weighted by Crippen LogP contribution is -2.95. The molecule has 2 atom stereocenters. The van der Waals surface area contributed by atoms with Gasteiger partial charge in [0.25, 0.3) is 34.1 Å². The molecule has 0 saturated carbocycles. The molecule has 312 valence electrons. The molecule has 2 bridgehead atoms. The van der Waals surface area contributed by atoms with Crippen LogP contribution in [0.2, 0.25) is 0 Å². The first kappa shape index (κ1) is 46.0. The Morgan fingerprint density at radius 1 is 0.621 bits per heavy atom. The number of nitrogens with two attached hydrogens (primary N) is 2. The van der Waals surface area contributed by atoms with Gasteiger partial charge in [-0.3, -0.25) is 60.7 Å². The van der Waals surface area contributed by atoms with Crippen LogP contribution in [0.4, 0.5) is 34.1 Å². The number of nitrogens with zero attached hydrogens (tertiary/aromatic N) is 10. The predicted molar refractivity (Wildman–Crippen MR) is 203 cm³/mol. The average Bonchev–Trinajstić information content (AvgIpc) is 3.50. The first-order chi connectivity index (χ1) is 27.4. The molecule has 3 aromatic rings. The van der Waals surface area contributed by atoms with Gasteiger partial charge >= 0.3 is 0 Å². The Morgan fingerprint density at radius 3 is 1.31 bits per heavy atom. The molecule has 58 heavy (non-hydrogen) atoms. The van der Waals surface area contributed by atoms with E-state index >= 15 is 0 Å². The van der Waals surface area contributed by atoms with E-state index in [-0.39, 0.29) is 0 Å². The fourth-order valence-electron chi connectivity index (χ4n) is 5.56. The molecule has 2 aliphatic heterocycles. The van der Waals surface area contributed by atoms with E-state index < -0.39 is 81.7 Å². The minimum Gasteiger partial charge on any atom is -0.863 e. The summed E-state index contributed by atoms with van der Waals surface area (Å²) in [7, 11) is 2.07. The van der Waals surface area contributed by atoms with Crippen molar-refractivity contribution in [3.05, 3.63) is 121 Å². The lowest BCUT2D eigenvalue weighted by molar-refractivity contribution is -0.723. The fourth-order valence-corrected chi connectivity index (χ4v) is 9.45. The Balaban J connectivity index is 0.000000246. The van der Waals surface area contributed by atoms with Crippen molar-refractivity contribution in [1.29, 1.82) is 0 Å². The lowest BCUT2D eigenvalue weighted by atomic mass is 10.2. The second-order valence-electron chi connectivity index (χ2n) is 12.2. The molecule has 28 heteroatoms. The van der Waals surface area contributed by atoms with Gasteiger partial charge in [0.2, 0.25) is 0 Å². The van der Waals surface area contributed by atoms with Gasteiger partial charge < -0.3 is 20.8 Å². The summed E-state index contributed by atoms with van der Waals surface area (Å²) in [5.74, 6) is -2.92. The third kappa shape index (κ3) is 12.1. The van der Waals surface area contributed by atoms with Gasteiger partial charge in [-0.05, 0) is 17.4 Å². The number of hydrogen-bond donors (Lipinski definition) is 2. The summed E-state index contributed by atoms with van der Waals surface area (Å²) in [5, 5.41) is 93.9. The summed E-state index contributed by atoms with van der Waals surface area (Å²) in [6.07, 6.45) is 4.34. The summed E-state index contributed by atoms with van der Waals surface area (Å²) >= 11 is 6.32. The molecule has 0 amide bonds. The van der Waals surface area contributed by atoms with Gasteiger partial charge in [-0.25, -0.2) is 14.1 Å². The molecule has 0 spiro atoms. The molecule has 2 heterocycles. The molecule has 2 unspecified atom stereocenters. The number of fused-ring (bicyclic) bond motifs is 2. The minimum absolute atomic E-state index is 0.384. The predicted octanol–water partition coefficient (Wildman–Crippen LogP) is 0.685. The molecule has 0 radical (unpaired) electrons. The zero-order valence-corrected chi connectivity index (χ0v) is 32.3. The molecular formula is C30H37N12O14PS. The van der Waals surface area contributed by atoms with Crippen LogP contribution in [0, 0.1) is 60.7 Å².